The van der Waals surface area contributed by atoms with E-state index in [0.29, 0.717) is 5.92 Å². The topological polar surface area (TPSA) is 55.0 Å². The van der Waals surface area contributed by atoms with E-state index in [-0.39, 0.29) is 5.54 Å². The van der Waals surface area contributed by atoms with Gasteiger partial charge < -0.3 is 10.6 Å². The van der Waals surface area contributed by atoms with Crippen molar-refractivity contribution in [3.8, 4) is 0 Å². The Hall–Kier alpha value is -1.68. The maximum atomic E-state index is 6.34. The largest absolute Gasteiger partial charge is 0.366 e. The van der Waals surface area contributed by atoms with Crippen LogP contribution in [0.1, 0.15) is 13.8 Å². The monoisotopic (exact) mass is 242 g/mol. The molecule has 0 bridgehead atoms. The van der Waals surface area contributed by atoms with Crippen LogP contribution in [-0.4, -0.2) is 28.8 Å². The lowest BCUT2D eigenvalue weighted by Crippen LogP contribution is -2.70. The number of hydrogen-bond acceptors (Lipinski definition) is 4. The van der Waals surface area contributed by atoms with Gasteiger partial charge >= 0.3 is 0 Å². The molecule has 2 N–H and O–H groups in total. The van der Waals surface area contributed by atoms with Gasteiger partial charge in [-0.25, -0.2) is 0 Å². The summed E-state index contributed by atoms with van der Waals surface area (Å²) in [5.41, 5.74) is 8.35. The molecular formula is C14H18N4. The smallest absolute Gasteiger partial charge is 0.0950 e. The van der Waals surface area contributed by atoms with E-state index in [1.807, 2.05) is 24.4 Å². The third-order valence-electron chi connectivity index (χ3n) is 3.99. The summed E-state index contributed by atoms with van der Waals surface area (Å²) in [5.74, 6) is 0.495. The van der Waals surface area contributed by atoms with E-state index < -0.39 is 0 Å². The van der Waals surface area contributed by atoms with E-state index in [0.717, 1.165) is 29.7 Å². The first-order valence-corrected chi connectivity index (χ1v) is 6.34. The quantitative estimate of drug-likeness (QED) is 0.872. The summed E-state index contributed by atoms with van der Waals surface area (Å²) in [7, 11) is 0. The zero-order valence-electron chi connectivity index (χ0n) is 10.8. The van der Waals surface area contributed by atoms with E-state index in [9.17, 15) is 0 Å². The number of anilines is 1. The molecule has 1 aromatic carbocycles. The van der Waals surface area contributed by atoms with Crippen LogP contribution in [-0.2, 0) is 0 Å². The van der Waals surface area contributed by atoms with Gasteiger partial charge in [0.1, 0.15) is 0 Å². The Morgan fingerprint density at radius 3 is 2.72 bits per heavy atom. The summed E-state index contributed by atoms with van der Waals surface area (Å²) in [6.07, 6.45) is 1.84. The Labute approximate surface area is 107 Å². The first kappa shape index (κ1) is 11.4. The predicted octanol–water partition coefficient (Wildman–Crippen LogP) is 1.80. The zero-order valence-corrected chi connectivity index (χ0v) is 10.8. The maximum Gasteiger partial charge on any atom is 0.0950 e. The van der Waals surface area contributed by atoms with E-state index in [1.165, 1.54) is 0 Å². The van der Waals surface area contributed by atoms with Gasteiger partial charge in [-0.15, -0.1) is 0 Å². The second-order valence-electron chi connectivity index (χ2n) is 5.49. The summed E-state index contributed by atoms with van der Waals surface area (Å²) in [6.45, 7) is 6.14. The number of hydrogen-bond donors (Lipinski definition) is 1. The van der Waals surface area contributed by atoms with Crippen molar-refractivity contribution in [2.45, 2.75) is 19.4 Å². The Bertz CT molecular complexity index is 568. The highest BCUT2D eigenvalue weighted by Crippen LogP contribution is 2.34. The van der Waals surface area contributed by atoms with Gasteiger partial charge in [0.15, 0.2) is 0 Å². The normalized spacial score (nSPS) is 18.1. The van der Waals surface area contributed by atoms with Crippen LogP contribution in [0.3, 0.4) is 0 Å². The van der Waals surface area contributed by atoms with Crippen molar-refractivity contribution in [1.82, 2.24) is 10.2 Å². The summed E-state index contributed by atoms with van der Waals surface area (Å²) in [4.78, 5) is 2.29. The van der Waals surface area contributed by atoms with Gasteiger partial charge in [0.25, 0.3) is 0 Å². The van der Waals surface area contributed by atoms with Crippen LogP contribution in [0, 0.1) is 5.92 Å². The summed E-state index contributed by atoms with van der Waals surface area (Å²) >= 11 is 0. The number of aromatic nitrogens is 2. The molecule has 0 unspecified atom stereocenters. The van der Waals surface area contributed by atoms with Crippen molar-refractivity contribution in [3.63, 3.8) is 0 Å². The minimum atomic E-state index is -0.0651. The molecule has 94 valence electrons. The van der Waals surface area contributed by atoms with Crippen LogP contribution in [0.25, 0.3) is 10.9 Å². The molecule has 3 rings (SSSR count). The first-order chi connectivity index (χ1) is 8.60. The fraction of sp³-hybridized carbons (Fsp3) is 0.429. The van der Waals surface area contributed by atoms with Gasteiger partial charge in [-0.05, 0) is 12.0 Å². The molecule has 0 saturated carbocycles. The van der Waals surface area contributed by atoms with E-state index in [1.54, 1.807) is 0 Å². The van der Waals surface area contributed by atoms with Gasteiger partial charge in [-0.1, -0.05) is 32.0 Å². The Balaban J connectivity index is 1.94. The van der Waals surface area contributed by atoms with Gasteiger partial charge in [-0.3, -0.25) is 0 Å². The lowest BCUT2D eigenvalue weighted by molar-refractivity contribution is 0.245. The molecule has 4 heteroatoms. The molecule has 0 amide bonds. The number of nitrogens with zero attached hydrogens (tertiary/aromatic N) is 3. The molecule has 2 heterocycles. The summed E-state index contributed by atoms with van der Waals surface area (Å²) in [6, 6.07) is 8.10. The maximum absolute atomic E-state index is 6.34. The summed E-state index contributed by atoms with van der Waals surface area (Å²) in [5, 5.41) is 9.37. The predicted molar refractivity (Wildman–Crippen MR) is 73.5 cm³/mol. The zero-order chi connectivity index (χ0) is 12.8. The Morgan fingerprint density at radius 1 is 1.28 bits per heavy atom. The number of fused-ring (bicyclic) bond motifs is 1. The average Bonchev–Trinajstić information content (AvgIpc) is 2.34. The van der Waals surface area contributed by atoms with Crippen molar-refractivity contribution in [3.05, 3.63) is 30.5 Å². The van der Waals surface area contributed by atoms with Crippen molar-refractivity contribution < 1.29 is 0 Å². The Kier molecular flexibility index (Phi) is 2.48. The number of rotatable bonds is 2. The van der Waals surface area contributed by atoms with Crippen LogP contribution >= 0.6 is 0 Å². The van der Waals surface area contributed by atoms with Crippen molar-refractivity contribution in [1.29, 1.82) is 0 Å². The number of nitrogens with two attached hydrogens (primary N) is 1. The second-order valence-corrected chi connectivity index (χ2v) is 5.49. The third kappa shape index (κ3) is 1.64. The highest BCUT2D eigenvalue weighted by Gasteiger charge is 2.42. The van der Waals surface area contributed by atoms with Gasteiger partial charge in [0.2, 0.25) is 0 Å². The molecule has 1 aliphatic rings. The molecule has 18 heavy (non-hydrogen) atoms. The molecule has 0 radical (unpaired) electrons. The highest BCUT2D eigenvalue weighted by atomic mass is 15.3. The van der Waals surface area contributed by atoms with Crippen molar-refractivity contribution in [2.24, 2.45) is 11.7 Å². The molecule has 0 spiro atoms. The molecule has 1 aromatic heterocycles. The van der Waals surface area contributed by atoms with Crippen molar-refractivity contribution in [2.75, 3.05) is 18.0 Å². The molecule has 0 atom stereocenters. The minimum Gasteiger partial charge on any atom is -0.366 e. The number of benzene rings is 1. The van der Waals surface area contributed by atoms with E-state index >= 15 is 0 Å². The molecule has 0 aliphatic carbocycles. The lowest BCUT2D eigenvalue weighted by Gasteiger charge is -2.51. The standard InChI is InChI=1S/C14H18N4/c1-10(2)14(15)8-18(9-14)13-7-16-17-12-6-4-3-5-11(12)13/h3-7,10H,8-9,15H2,1-2H3. The molecule has 1 aliphatic heterocycles. The molecule has 2 aromatic rings. The third-order valence-corrected chi connectivity index (χ3v) is 3.99. The van der Waals surface area contributed by atoms with Gasteiger partial charge in [0.05, 0.1) is 22.9 Å². The van der Waals surface area contributed by atoms with Gasteiger partial charge in [-0.2, -0.15) is 10.2 Å². The summed E-state index contributed by atoms with van der Waals surface area (Å²) < 4.78 is 0. The SMILES string of the molecule is CC(C)C1(N)CN(c2cnnc3ccccc23)C1. The van der Waals surface area contributed by atoms with Crippen LogP contribution in [0.15, 0.2) is 30.5 Å². The molecule has 1 fully saturated rings. The van der Waals surface area contributed by atoms with E-state index in [4.69, 9.17) is 5.73 Å². The van der Waals surface area contributed by atoms with Gasteiger partial charge in [0, 0.05) is 18.5 Å². The lowest BCUT2D eigenvalue weighted by atomic mass is 9.80. The molecule has 1 saturated heterocycles. The fourth-order valence-corrected chi connectivity index (χ4v) is 2.44. The van der Waals surface area contributed by atoms with Crippen LogP contribution in [0.5, 0.6) is 0 Å². The van der Waals surface area contributed by atoms with E-state index in [2.05, 4.69) is 35.0 Å². The first-order valence-electron chi connectivity index (χ1n) is 6.34. The minimum absolute atomic E-state index is 0.0651. The second kappa shape index (κ2) is 3.92. The van der Waals surface area contributed by atoms with Crippen LogP contribution in [0.2, 0.25) is 0 Å². The molecule has 4 nitrogen and oxygen atoms in total. The Morgan fingerprint density at radius 2 is 2.00 bits per heavy atom. The fourth-order valence-electron chi connectivity index (χ4n) is 2.44. The molecular weight excluding hydrogens is 224 g/mol. The van der Waals surface area contributed by atoms with Crippen LogP contribution in [0.4, 0.5) is 5.69 Å². The van der Waals surface area contributed by atoms with Crippen LogP contribution < -0.4 is 10.6 Å². The highest BCUT2D eigenvalue weighted by molar-refractivity contribution is 5.91. The average molecular weight is 242 g/mol. The van der Waals surface area contributed by atoms with Crippen molar-refractivity contribution >= 4 is 16.6 Å².